The largest absolute Gasteiger partial charge is 0.369 e. The van der Waals surface area contributed by atoms with Gasteiger partial charge in [-0.1, -0.05) is 18.0 Å². The Bertz CT molecular complexity index is 451. The number of hydrogen-bond donors (Lipinski definition) is 1. The van der Waals surface area contributed by atoms with Crippen LogP contribution in [0.3, 0.4) is 0 Å². The van der Waals surface area contributed by atoms with Gasteiger partial charge < -0.3 is 9.84 Å². The number of amides is 2. The molecule has 1 aromatic heterocycles. The summed E-state index contributed by atoms with van der Waals surface area (Å²) in [5.41, 5.74) is 0.634. The molecule has 1 aromatic rings. The van der Waals surface area contributed by atoms with Crippen molar-refractivity contribution in [3.63, 3.8) is 0 Å². The van der Waals surface area contributed by atoms with E-state index in [1.165, 1.54) is 17.4 Å². The van der Waals surface area contributed by atoms with Crippen LogP contribution >= 0.6 is 0 Å². The minimum atomic E-state index is -0.475. The van der Waals surface area contributed by atoms with Crippen molar-refractivity contribution < 1.29 is 14.1 Å². The first kappa shape index (κ1) is 11.3. The molecule has 0 radical (unpaired) electrons. The Kier molecular flexibility index (Phi) is 2.77. The highest BCUT2D eigenvalue weighted by molar-refractivity contribution is 6.07. The van der Waals surface area contributed by atoms with Crippen molar-refractivity contribution in [1.29, 1.82) is 0 Å². The smallest absolute Gasteiger partial charge is 0.252 e. The fourth-order valence-electron chi connectivity index (χ4n) is 2.79. The van der Waals surface area contributed by atoms with E-state index in [0.29, 0.717) is 5.69 Å². The summed E-state index contributed by atoms with van der Waals surface area (Å²) in [6, 6.07) is -0.364. The molecule has 1 aliphatic carbocycles. The molecule has 1 saturated heterocycles. The average molecular weight is 249 g/mol. The van der Waals surface area contributed by atoms with Crippen molar-refractivity contribution in [2.45, 2.75) is 44.2 Å². The van der Waals surface area contributed by atoms with Crippen molar-refractivity contribution in [1.82, 2.24) is 10.1 Å². The normalized spacial score (nSPS) is 25.1. The van der Waals surface area contributed by atoms with E-state index in [-0.39, 0.29) is 24.3 Å². The molecule has 6 nitrogen and oxygen atoms in total. The Labute approximate surface area is 104 Å². The number of carbonyl (C=O) groups excluding carboxylic acids is 2. The van der Waals surface area contributed by atoms with E-state index in [9.17, 15) is 9.59 Å². The van der Waals surface area contributed by atoms with E-state index >= 15 is 0 Å². The Morgan fingerprint density at radius 2 is 2.11 bits per heavy atom. The molecule has 1 saturated carbocycles. The van der Waals surface area contributed by atoms with Gasteiger partial charge >= 0.3 is 0 Å². The summed E-state index contributed by atoms with van der Waals surface area (Å²) >= 11 is 0. The SMILES string of the molecule is O=C1CC(Nc2cnoc2)C(=O)N1C1CCCC1. The maximum atomic E-state index is 12.2. The van der Waals surface area contributed by atoms with E-state index in [0.717, 1.165) is 25.7 Å². The van der Waals surface area contributed by atoms with E-state index < -0.39 is 6.04 Å². The van der Waals surface area contributed by atoms with Gasteiger partial charge in [-0.05, 0) is 12.8 Å². The second-order valence-electron chi connectivity index (χ2n) is 4.85. The second-order valence-corrected chi connectivity index (χ2v) is 4.85. The first-order valence-corrected chi connectivity index (χ1v) is 6.27. The third kappa shape index (κ3) is 1.87. The number of nitrogens with zero attached hydrogens (tertiary/aromatic N) is 2. The number of hydrogen-bond acceptors (Lipinski definition) is 5. The Morgan fingerprint density at radius 3 is 2.78 bits per heavy atom. The van der Waals surface area contributed by atoms with Gasteiger partial charge in [-0.2, -0.15) is 0 Å². The zero-order chi connectivity index (χ0) is 12.5. The van der Waals surface area contributed by atoms with Gasteiger partial charge in [-0.15, -0.1) is 0 Å². The number of anilines is 1. The molecule has 1 N–H and O–H groups in total. The quantitative estimate of drug-likeness (QED) is 0.813. The fraction of sp³-hybridized carbons (Fsp3) is 0.583. The van der Waals surface area contributed by atoms with Crippen LogP contribution in [-0.2, 0) is 9.59 Å². The average Bonchev–Trinajstić information content (AvgIpc) is 3.03. The zero-order valence-corrected chi connectivity index (χ0v) is 9.96. The first-order chi connectivity index (χ1) is 8.75. The van der Waals surface area contributed by atoms with Crippen LogP contribution in [0, 0.1) is 0 Å². The number of aromatic nitrogens is 1. The van der Waals surface area contributed by atoms with Gasteiger partial charge in [0.1, 0.15) is 12.3 Å². The maximum absolute atomic E-state index is 12.2. The molecule has 0 bridgehead atoms. The van der Waals surface area contributed by atoms with Crippen LogP contribution in [0.4, 0.5) is 5.69 Å². The van der Waals surface area contributed by atoms with Gasteiger partial charge in [-0.3, -0.25) is 14.5 Å². The molecule has 96 valence electrons. The molecule has 1 aliphatic heterocycles. The van der Waals surface area contributed by atoms with Crippen LogP contribution in [-0.4, -0.2) is 34.0 Å². The Hall–Kier alpha value is -1.85. The molecule has 0 spiro atoms. The summed E-state index contributed by atoms with van der Waals surface area (Å²) < 4.78 is 4.69. The molecule has 6 heteroatoms. The van der Waals surface area contributed by atoms with Crippen molar-refractivity contribution >= 4 is 17.5 Å². The maximum Gasteiger partial charge on any atom is 0.252 e. The van der Waals surface area contributed by atoms with Gasteiger partial charge in [0.2, 0.25) is 5.91 Å². The van der Waals surface area contributed by atoms with Crippen molar-refractivity contribution in [3.8, 4) is 0 Å². The molecule has 3 rings (SSSR count). The molecule has 2 heterocycles. The highest BCUT2D eigenvalue weighted by Crippen LogP contribution is 2.29. The zero-order valence-electron chi connectivity index (χ0n) is 9.96. The van der Waals surface area contributed by atoms with E-state index in [2.05, 4.69) is 10.5 Å². The van der Waals surface area contributed by atoms with E-state index in [1.54, 1.807) is 0 Å². The van der Waals surface area contributed by atoms with Gasteiger partial charge in [-0.25, -0.2) is 0 Å². The molecular weight excluding hydrogens is 234 g/mol. The molecule has 0 aromatic carbocycles. The van der Waals surface area contributed by atoms with E-state index in [1.807, 2.05) is 0 Å². The van der Waals surface area contributed by atoms with Crippen LogP contribution in [0.25, 0.3) is 0 Å². The van der Waals surface area contributed by atoms with Crippen LogP contribution < -0.4 is 5.32 Å². The lowest BCUT2D eigenvalue weighted by molar-refractivity contribution is -0.141. The topological polar surface area (TPSA) is 75.4 Å². The van der Waals surface area contributed by atoms with Gasteiger partial charge in [0.15, 0.2) is 0 Å². The highest BCUT2D eigenvalue weighted by atomic mass is 16.5. The molecule has 2 amide bonds. The monoisotopic (exact) mass is 249 g/mol. The first-order valence-electron chi connectivity index (χ1n) is 6.27. The van der Waals surface area contributed by atoms with Crippen LogP contribution in [0.1, 0.15) is 32.1 Å². The minimum Gasteiger partial charge on any atom is -0.369 e. The molecule has 2 aliphatic rings. The lowest BCUT2D eigenvalue weighted by Crippen LogP contribution is -2.40. The standard InChI is InChI=1S/C12H15N3O3/c16-11-5-10(14-8-6-13-18-7-8)12(17)15(11)9-3-1-2-4-9/h6-7,9-10,14H,1-5H2. The summed E-state index contributed by atoms with van der Waals surface area (Å²) in [5, 5.41) is 6.54. The number of imide groups is 1. The van der Waals surface area contributed by atoms with Gasteiger partial charge in [0, 0.05) is 6.04 Å². The number of nitrogens with one attached hydrogen (secondary N) is 1. The van der Waals surface area contributed by atoms with Crippen molar-refractivity contribution in [2.75, 3.05) is 5.32 Å². The summed E-state index contributed by atoms with van der Waals surface area (Å²) in [4.78, 5) is 25.6. The van der Waals surface area contributed by atoms with Crippen LogP contribution in [0.5, 0.6) is 0 Å². The van der Waals surface area contributed by atoms with Crippen LogP contribution in [0.2, 0.25) is 0 Å². The van der Waals surface area contributed by atoms with Crippen molar-refractivity contribution in [2.24, 2.45) is 0 Å². The lowest BCUT2D eigenvalue weighted by Gasteiger charge is -2.22. The highest BCUT2D eigenvalue weighted by Gasteiger charge is 2.43. The molecule has 18 heavy (non-hydrogen) atoms. The van der Waals surface area contributed by atoms with Crippen molar-refractivity contribution in [3.05, 3.63) is 12.5 Å². The summed E-state index contributed by atoms with van der Waals surface area (Å²) in [6.07, 6.45) is 7.23. The Balaban J connectivity index is 1.71. The fourth-order valence-corrected chi connectivity index (χ4v) is 2.79. The summed E-state index contributed by atoms with van der Waals surface area (Å²) in [7, 11) is 0. The molecule has 2 fully saturated rings. The summed E-state index contributed by atoms with van der Waals surface area (Å²) in [5.74, 6) is -0.186. The van der Waals surface area contributed by atoms with E-state index in [4.69, 9.17) is 4.52 Å². The number of carbonyl (C=O) groups is 2. The third-order valence-electron chi connectivity index (χ3n) is 3.65. The number of likely N-dealkylation sites (tertiary alicyclic amines) is 1. The predicted octanol–water partition coefficient (Wildman–Crippen LogP) is 1.16. The molecule has 1 unspecified atom stereocenters. The van der Waals surface area contributed by atoms with Gasteiger partial charge in [0.05, 0.1) is 18.3 Å². The number of rotatable bonds is 3. The molecule has 1 atom stereocenters. The second kappa shape index (κ2) is 4.44. The lowest BCUT2D eigenvalue weighted by atomic mass is 10.2. The predicted molar refractivity (Wildman–Crippen MR) is 62.6 cm³/mol. The third-order valence-corrected chi connectivity index (χ3v) is 3.65. The van der Waals surface area contributed by atoms with Crippen LogP contribution in [0.15, 0.2) is 17.0 Å². The Morgan fingerprint density at radius 1 is 1.33 bits per heavy atom. The summed E-state index contributed by atoms with van der Waals surface area (Å²) in [6.45, 7) is 0. The molecular formula is C12H15N3O3. The van der Waals surface area contributed by atoms with Gasteiger partial charge in [0.25, 0.3) is 5.91 Å². The minimum absolute atomic E-state index is 0.0687.